The summed E-state index contributed by atoms with van der Waals surface area (Å²) in [5.74, 6) is 0. The van der Waals surface area contributed by atoms with Gasteiger partial charge in [0.2, 0.25) is 0 Å². The van der Waals surface area contributed by atoms with Crippen LogP contribution >= 0.6 is 0 Å². The number of nitrogens with two attached hydrogens (primary N) is 1. The largest absolute Gasteiger partial charge is 0.399 e. The molecule has 3 rings (SSSR count). The van der Waals surface area contributed by atoms with Gasteiger partial charge in [0.1, 0.15) is 0 Å². The standard InChI is InChI=1S/C18H17N3/c1-21-17(11-15-10-16(20)7-9-18(15)21)8-6-13-4-2-3-5-14(13)12-19/h2-5,7,9-11H,6,8,20H2,1H3. The molecule has 21 heavy (non-hydrogen) atoms. The summed E-state index contributed by atoms with van der Waals surface area (Å²) in [7, 11) is 2.07. The van der Waals surface area contributed by atoms with E-state index in [4.69, 9.17) is 11.0 Å². The fourth-order valence-electron chi connectivity index (χ4n) is 2.78. The topological polar surface area (TPSA) is 54.7 Å². The van der Waals surface area contributed by atoms with Crippen LogP contribution in [0, 0.1) is 11.3 Å². The van der Waals surface area contributed by atoms with Crippen LogP contribution in [0.5, 0.6) is 0 Å². The molecule has 0 saturated heterocycles. The zero-order valence-electron chi connectivity index (χ0n) is 12.0. The minimum atomic E-state index is 0.764. The molecule has 0 amide bonds. The maximum atomic E-state index is 9.15. The second kappa shape index (κ2) is 5.34. The number of anilines is 1. The molecule has 0 spiro atoms. The van der Waals surface area contributed by atoms with E-state index in [2.05, 4.69) is 29.8 Å². The fourth-order valence-corrected chi connectivity index (χ4v) is 2.78. The minimum absolute atomic E-state index is 0.764. The molecule has 2 N–H and O–H groups in total. The van der Waals surface area contributed by atoms with Crippen molar-refractivity contribution in [1.82, 2.24) is 4.57 Å². The molecule has 0 saturated carbocycles. The van der Waals surface area contributed by atoms with Gasteiger partial charge in [0.05, 0.1) is 11.6 Å². The molecule has 3 nitrogen and oxygen atoms in total. The highest BCUT2D eigenvalue weighted by molar-refractivity contribution is 5.84. The number of fused-ring (bicyclic) bond motifs is 1. The number of hydrogen-bond donors (Lipinski definition) is 1. The van der Waals surface area contributed by atoms with Gasteiger partial charge in [-0.2, -0.15) is 5.26 Å². The maximum Gasteiger partial charge on any atom is 0.0994 e. The average Bonchev–Trinajstić information content (AvgIpc) is 2.81. The number of nitrogen functional groups attached to an aromatic ring is 1. The average molecular weight is 275 g/mol. The fraction of sp³-hybridized carbons (Fsp3) is 0.167. The van der Waals surface area contributed by atoms with E-state index < -0.39 is 0 Å². The summed E-state index contributed by atoms with van der Waals surface area (Å²) >= 11 is 0. The number of rotatable bonds is 3. The quantitative estimate of drug-likeness (QED) is 0.745. The molecule has 0 fully saturated rings. The predicted molar refractivity (Wildman–Crippen MR) is 85.9 cm³/mol. The third-order valence-electron chi connectivity index (χ3n) is 3.95. The third-order valence-corrected chi connectivity index (χ3v) is 3.95. The lowest BCUT2D eigenvalue weighted by Crippen LogP contribution is -2.00. The lowest BCUT2D eigenvalue weighted by atomic mass is 10.0. The van der Waals surface area contributed by atoms with Crippen molar-refractivity contribution in [2.24, 2.45) is 7.05 Å². The highest BCUT2D eigenvalue weighted by Crippen LogP contribution is 2.22. The van der Waals surface area contributed by atoms with Crippen LogP contribution in [0.3, 0.4) is 0 Å². The van der Waals surface area contributed by atoms with E-state index in [-0.39, 0.29) is 0 Å². The molecule has 3 heteroatoms. The summed E-state index contributed by atoms with van der Waals surface area (Å²) in [5, 5.41) is 10.3. The van der Waals surface area contributed by atoms with Gasteiger partial charge in [-0.3, -0.25) is 0 Å². The smallest absolute Gasteiger partial charge is 0.0994 e. The zero-order valence-corrected chi connectivity index (χ0v) is 12.0. The van der Waals surface area contributed by atoms with E-state index in [1.165, 1.54) is 16.6 Å². The first-order valence-corrected chi connectivity index (χ1v) is 7.01. The Labute approximate surface area is 124 Å². The van der Waals surface area contributed by atoms with Crippen LogP contribution in [0.25, 0.3) is 10.9 Å². The molecule has 104 valence electrons. The Morgan fingerprint density at radius 2 is 1.90 bits per heavy atom. The predicted octanol–water partition coefficient (Wildman–Crippen LogP) is 3.42. The number of nitriles is 1. The molecule has 0 atom stereocenters. The molecule has 3 aromatic rings. The first-order valence-electron chi connectivity index (χ1n) is 7.01. The molecule has 0 aliphatic carbocycles. The second-order valence-corrected chi connectivity index (χ2v) is 5.28. The van der Waals surface area contributed by atoms with Gasteiger partial charge in [-0.05, 0) is 48.7 Å². The molecular weight excluding hydrogens is 258 g/mol. The van der Waals surface area contributed by atoms with Crippen LogP contribution in [0.15, 0.2) is 48.5 Å². The third kappa shape index (κ3) is 2.48. The van der Waals surface area contributed by atoms with Gasteiger partial charge >= 0.3 is 0 Å². The summed E-state index contributed by atoms with van der Waals surface area (Å²) in [6.45, 7) is 0. The van der Waals surface area contributed by atoms with Crippen LogP contribution in [0.4, 0.5) is 5.69 Å². The molecule has 0 radical (unpaired) electrons. The first-order chi connectivity index (χ1) is 10.2. The van der Waals surface area contributed by atoms with Gasteiger partial charge in [-0.15, -0.1) is 0 Å². The van der Waals surface area contributed by atoms with Crippen LogP contribution in [0.2, 0.25) is 0 Å². The molecule has 0 aliphatic heterocycles. The number of aryl methyl sites for hydroxylation is 3. The highest BCUT2D eigenvalue weighted by Gasteiger charge is 2.07. The minimum Gasteiger partial charge on any atom is -0.399 e. The molecule has 1 heterocycles. The van der Waals surface area contributed by atoms with Gasteiger partial charge in [0.25, 0.3) is 0 Å². The number of aromatic nitrogens is 1. The monoisotopic (exact) mass is 275 g/mol. The van der Waals surface area contributed by atoms with E-state index in [1.54, 1.807) is 0 Å². The van der Waals surface area contributed by atoms with Crippen LogP contribution in [-0.2, 0) is 19.9 Å². The van der Waals surface area contributed by atoms with Gasteiger partial charge in [0, 0.05) is 29.3 Å². The van der Waals surface area contributed by atoms with E-state index >= 15 is 0 Å². The summed E-state index contributed by atoms with van der Waals surface area (Å²) in [4.78, 5) is 0. The summed E-state index contributed by atoms with van der Waals surface area (Å²) in [6, 6.07) is 18.2. The lowest BCUT2D eigenvalue weighted by Gasteiger charge is -2.06. The Morgan fingerprint density at radius 3 is 2.71 bits per heavy atom. The van der Waals surface area contributed by atoms with E-state index in [1.807, 2.05) is 36.4 Å². The Kier molecular flexibility index (Phi) is 3.37. The van der Waals surface area contributed by atoms with Crippen molar-refractivity contribution in [3.63, 3.8) is 0 Å². The zero-order chi connectivity index (χ0) is 14.8. The van der Waals surface area contributed by atoms with Gasteiger partial charge in [0.15, 0.2) is 0 Å². The highest BCUT2D eigenvalue weighted by atomic mass is 14.9. The van der Waals surface area contributed by atoms with Crippen molar-refractivity contribution >= 4 is 16.6 Å². The summed E-state index contributed by atoms with van der Waals surface area (Å²) < 4.78 is 2.20. The van der Waals surface area contributed by atoms with Crippen molar-refractivity contribution in [3.8, 4) is 6.07 Å². The maximum absolute atomic E-state index is 9.15. The Bertz CT molecular complexity index is 837. The Balaban J connectivity index is 1.89. The second-order valence-electron chi connectivity index (χ2n) is 5.28. The molecule has 0 aliphatic rings. The molecule has 2 aromatic carbocycles. The number of benzene rings is 2. The van der Waals surface area contributed by atoms with Gasteiger partial charge < -0.3 is 10.3 Å². The lowest BCUT2D eigenvalue weighted by molar-refractivity contribution is 0.819. The van der Waals surface area contributed by atoms with Crippen LogP contribution < -0.4 is 5.73 Å². The van der Waals surface area contributed by atoms with Crippen molar-refractivity contribution < 1.29 is 0 Å². The van der Waals surface area contributed by atoms with Gasteiger partial charge in [-0.1, -0.05) is 18.2 Å². The number of nitrogens with zero attached hydrogens (tertiary/aromatic N) is 2. The van der Waals surface area contributed by atoms with Crippen molar-refractivity contribution in [3.05, 3.63) is 65.4 Å². The normalized spacial score (nSPS) is 10.7. The molecule has 0 bridgehead atoms. The first kappa shape index (κ1) is 13.3. The van der Waals surface area contributed by atoms with Crippen molar-refractivity contribution in [1.29, 1.82) is 5.26 Å². The molecular formula is C18H17N3. The van der Waals surface area contributed by atoms with E-state index in [9.17, 15) is 0 Å². The van der Waals surface area contributed by atoms with E-state index in [0.717, 1.165) is 29.7 Å². The van der Waals surface area contributed by atoms with Crippen LogP contribution in [-0.4, -0.2) is 4.57 Å². The SMILES string of the molecule is Cn1c(CCc2ccccc2C#N)cc2cc(N)ccc21. The molecule has 1 aromatic heterocycles. The summed E-state index contributed by atoms with van der Waals surface area (Å²) in [5.41, 5.74) is 10.9. The molecule has 0 unspecified atom stereocenters. The van der Waals surface area contributed by atoms with Crippen molar-refractivity contribution in [2.75, 3.05) is 5.73 Å². The number of hydrogen-bond acceptors (Lipinski definition) is 2. The van der Waals surface area contributed by atoms with E-state index in [0.29, 0.717) is 0 Å². The Hall–Kier alpha value is -2.73. The van der Waals surface area contributed by atoms with Gasteiger partial charge in [-0.25, -0.2) is 0 Å². The Morgan fingerprint density at radius 1 is 1.10 bits per heavy atom. The van der Waals surface area contributed by atoms with Crippen LogP contribution in [0.1, 0.15) is 16.8 Å². The van der Waals surface area contributed by atoms with Crippen molar-refractivity contribution in [2.45, 2.75) is 12.8 Å². The summed E-state index contributed by atoms with van der Waals surface area (Å²) in [6.07, 6.45) is 1.77.